The first-order valence-electron chi connectivity index (χ1n) is 9.58. The fraction of sp³-hybridized carbons (Fsp3) is 0.650. The average Bonchev–Trinajstić information content (AvgIpc) is 3.03. The van der Waals surface area contributed by atoms with Crippen molar-refractivity contribution < 1.29 is 4.79 Å². The molecule has 2 fully saturated rings. The van der Waals surface area contributed by atoms with E-state index in [-0.39, 0.29) is 11.9 Å². The maximum Gasteiger partial charge on any atom is 0.228 e. The summed E-state index contributed by atoms with van der Waals surface area (Å²) in [6.45, 7) is 2.33. The standard InChI is InChI=1S/C20H28Cl2N2O/c21-13-12-20(25)24(17-10-8-16(22)9-11-17)19-7-3-1-2-6-18(19)23-14-4-5-15-23/h8-11,18-19H,1-7,12-15H2. The number of hydrogen-bond donors (Lipinski definition) is 0. The quantitative estimate of drug-likeness (QED) is 0.522. The van der Waals surface area contributed by atoms with Gasteiger partial charge in [0.05, 0.1) is 6.04 Å². The van der Waals surface area contributed by atoms with Gasteiger partial charge in [0.15, 0.2) is 0 Å². The van der Waals surface area contributed by atoms with E-state index in [0.717, 1.165) is 12.1 Å². The summed E-state index contributed by atoms with van der Waals surface area (Å²) in [6.07, 6.45) is 8.90. The van der Waals surface area contributed by atoms with E-state index in [4.69, 9.17) is 23.2 Å². The second kappa shape index (κ2) is 9.25. The first kappa shape index (κ1) is 19.0. The third kappa shape index (κ3) is 4.69. The van der Waals surface area contributed by atoms with Crippen molar-refractivity contribution >= 4 is 34.8 Å². The Morgan fingerprint density at radius 2 is 1.72 bits per heavy atom. The number of likely N-dealkylation sites (tertiary alicyclic amines) is 1. The average molecular weight is 383 g/mol. The van der Waals surface area contributed by atoms with E-state index >= 15 is 0 Å². The van der Waals surface area contributed by atoms with Crippen molar-refractivity contribution in [3.05, 3.63) is 29.3 Å². The number of hydrogen-bond acceptors (Lipinski definition) is 2. The van der Waals surface area contributed by atoms with Gasteiger partial charge in [-0.25, -0.2) is 0 Å². The van der Waals surface area contributed by atoms with E-state index in [1.54, 1.807) is 0 Å². The Labute approximate surface area is 161 Å². The van der Waals surface area contributed by atoms with Gasteiger partial charge in [-0.1, -0.05) is 30.9 Å². The van der Waals surface area contributed by atoms with Crippen LogP contribution in [0.3, 0.4) is 0 Å². The number of anilines is 1. The molecule has 0 bridgehead atoms. The molecular weight excluding hydrogens is 355 g/mol. The van der Waals surface area contributed by atoms with Crippen LogP contribution >= 0.6 is 23.2 Å². The third-order valence-corrected chi connectivity index (χ3v) is 6.01. The number of carbonyl (C=O) groups is 1. The van der Waals surface area contributed by atoms with Crippen LogP contribution < -0.4 is 4.90 Å². The molecular formula is C20H28Cl2N2O. The van der Waals surface area contributed by atoms with Crippen LogP contribution in [0.4, 0.5) is 5.69 Å². The summed E-state index contributed by atoms with van der Waals surface area (Å²) in [7, 11) is 0. The Morgan fingerprint density at radius 3 is 2.40 bits per heavy atom. The van der Waals surface area contributed by atoms with E-state index in [9.17, 15) is 4.79 Å². The first-order valence-corrected chi connectivity index (χ1v) is 10.5. The summed E-state index contributed by atoms with van der Waals surface area (Å²) in [5.41, 5.74) is 0.954. The van der Waals surface area contributed by atoms with Crippen LogP contribution in [0.2, 0.25) is 5.02 Å². The van der Waals surface area contributed by atoms with Crippen molar-refractivity contribution in [1.82, 2.24) is 4.90 Å². The lowest BCUT2D eigenvalue weighted by molar-refractivity contribution is -0.119. The zero-order valence-corrected chi connectivity index (χ0v) is 16.3. The molecule has 0 radical (unpaired) electrons. The van der Waals surface area contributed by atoms with Gasteiger partial charge in [-0.2, -0.15) is 0 Å². The molecule has 2 atom stereocenters. The molecule has 0 N–H and O–H groups in total. The lowest BCUT2D eigenvalue weighted by Crippen LogP contribution is -2.53. The van der Waals surface area contributed by atoms with E-state index in [0.29, 0.717) is 23.4 Å². The minimum Gasteiger partial charge on any atom is -0.308 e. The topological polar surface area (TPSA) is 23.6 Å². The predicted molar refractivity (Wildman–Crippen MR) is 106 cm³/mol. The molecule has 1 saturated carbocycles. The second-order valence-corrected chi connectivity index (χ2v) is 8.01. The van der Waals surface area contributed by atoms with Gasteiger partial charge in [-0.3, -0.25) is 9.69 Å². The number of halogens is 2. The van der Waals surface area contributed by atoms with Gasteiger partial charge < -0.3 is 4.90 Å². The van der Waals surface area contributed by atoms with Crippen molar-refractivity contribution in [2.24, 2.45) is 0 Å². The molecule has 1 aromatic rings. The lowest BCUT2D eigenvalue weighted by atomic mass is 9.98. The van der Waals surface area contributed by atoms with Crippen LogP contribution in [-0.4, -0.2) is 41.9 Å². The molecule has 1 aliphatic carbocycles. The minimum absolute atomic E-state index is 0.133. The van der Waals surface area contributed by atoms with Crippen LogP contribution in [0.25, 0.3) is 0 Å². The van der Waals surface area contributed by atoms with E-state index in [2.05, 4.69) is 4.90 Å². The summed E-state index contributed by atoms with van der Waals surface area (Å²) in [5, 5.41) is 0.699. The van der Waals surface area contributed by atoms with Gasteiger partial charge in [0.1, 0.15) is 0 Å². The molecule has 138 valence electrons. The number of carbonyl (C=O) groups excluding carboxylic acids is 1. The lowest BCUT2D eigenvalue weighted by Gasteiger charge is -2.40. The summed E-state index contributed by atoms with van der Waals surface area (Å²) < 4.78 is 0. The molecule has 0 aromatic heterocycles. The zero-order chi connectivity index (χ0) is 17.6. The number of nitrogens with zero attached hydrogens (tertiary/aromatic N) is 2. The fourth-order valence-corrected chi connectivity index (χ4v) is 4.68. The molecule has 1 amide bonds. The van der Waals surface area contributed by atoms with Gasteiger partial charge in [-0.05, 0) is 63.0 Å². The molecule has 25 heavy (non-hydrogen) atoms. The number of rotatable bonds is 5. The van der Waals surface area contributed by atoms with Crippen molar-refractivity contribution in [2.75, 3.05) is 23.9 Å². The highest BCUT2D eigenvalue weighted by Gasteiger charge is 2.36. The van der Waals surface area contributed by atoms with Crippen LogP contribution in [-0.2, 0) is 4.79 Å². The molecule has 1 heterocycles. The van der Waals surface area contributed by atoms with Gasteiger partial charge >= 0.3 is 0 Å². The van der Waals surface area contributed by atoms with Gasteiger partial charge in [0.2, 0.25) is 5.91 Å². The molecule has 1 aliphatic heterocycles. The van der Waals surface area contributed by atoms with E-state index in [1.807, 2.05) is 29.2 Å². The predicted octanol–water partition coefficient (Wildman–Crippen LogP) is 5.10. The molecule has 2 aliphatic rings. The molecule has 5 heteroatoms. The Balaban J connectivity index is 1.92. The number of alkyl halides is 1. The molecule has 3 nitrogen and oxygen atoms in total. The monoisotopic (exact) mass is 382 g/mol. The molecule has 2 unspecified atom stereocenters. The van der Waals surface area contributed by atoms with Crippen molar-refractivity contribution in [1.29, 1.82) is 0 Å². The normalized spacial score (nSPS) is 24.9. The highest BCUT2D eigenvalue weighted by molar-refractivity contribution is 6.30. The summed E-state index contributed by atoms with van der Waals surface area (Å²) in [5.74, 6) is 0.498. The van der Waals surface area contributed by atoms with Crippen molar-refractivity contribution in [3.8, 4) is 0 Å². The number of benzene rings is 1. The highest BCUT2D eigenvalue weighted by Crippen LogP contribution is 2.32. The smallest absolute Gasteiger partial charge is 0.228 e. The number of amides is 1. The van der Waals surface area contributed by atoms with Gasteiger partial charge in [0.25, 0.3) is 0 Å². The van der Waals surface area contributed by atoms with Crippen LogP contribution in [0.15, 0.2) is 24.3 Å². The summed E-state index contributed by atoms with van der Waals surface area (Å²) in [6, 6.07) is 8.39. The maximum absolute atomic E-state index is 13.0. The minimum atomic E-state index is 0.133. The largest absolute Gasteiger partial charge is 0.308 e. The molecule has 0 spiro atoms. The Kier molecular flexibility index (Phi) is 7.03. The van der Waals surface area contributed by atoms with E-state index in [1.165, 1.54) is 51.6 Å². The van der Waals surface area contributed by atoms with Crippen LogP contribution in [0.5, 0.6) is 0 Å². The SMILES string of the molecule is O=C(CCCl)N(c1ccc(Cl)cc1)C1CCCCCC1N1CCCC1. The van der Waals surface area contributed by atoms with Crippen molar-refractivity contribution in [2.45, 2.75) is 63.5 Å². The van der Waals surface area contributed by atoms with Crippen LogP contribution in [0, 0.1) is 0 Å². The third-order valence-electron chi connectivity index (χ3n) is 5.57. The summed E-state index contributed by atoms with van der Waals surface area (Å²) >= 11 is 12.0. The Morgan fingerprint density at radius 1 is 1.04 bits per heavy atom. The second-order valence-electron chi connectivity index (χ2n) is 7.19. The Hall–Kier alpha value is -0.770. The van der Waals surface area contributed by atoms with Gasteiger partial charge in [0, 0.05) is 29.1 Å². The molecule has 1 aromatic carbocycles. The fourth-order valence-electron chi connectivity index (χ4n) is 4.39. The van der Waals surface area contributed by atoms with Crippen molar-refractivity contribution in [3.63, 3.8) is 0 Å². The Bertz CT molecular complexity index is 557. The van der Waals surface area contributed by atoms with Crippen LogP contribution in [0.1, 0.15) is 51.4 Å². The first-order chi connectivity index (χ1) is 12.2. The highest BCUT2D eigenvalue weighted by atomic mass is 35.5. The summed E-state index contributed by atoms with van der Waals surface area (Å²) in [4.78, 5) is 17.6. The maximum atomic E-state index is 13.0. The zero-order valence-electron chi connectivity index (χ0n) is 14.8. The van der Waals surface area contributed by atoms with E-state index < -0.39 is 0 Å². The molecule has 1 saturated heterocycles. The molecule has 3 rings (SSSR count). The van der Waals surface area contributed by atoms with Gasteiger partial charge in [-0.15, -0.1) is 11.6 Å².